The van der Waals surface area contributed by atoms with Crippen molar-refractivity contribution in [3.8, 4) is 0 Å². The third-order valence-corrected chi connectivity index (χ3v) is 7.32. The summed E-state index contributed by atoms with van der Waals surface area (Å²) < 4.78 is 5.63. The van der Waals surface area contributed by atoms with Gasteiger partial charge >= 0.3 is 6.09 Å². The fraction of sp³-hybridized carbons (Fsp3) is 0.682. The van der Waals surface area contributed by atoms with E-state index in [-0.39, 0.29) is 17.6 Å². The normalized spacial score (nSPS) is 23.9. The van der Waals surface area contributed by atoms with Gasteiger partial charge in [-0.25, -0.2) is 9.78 Å². The average Bonchev–Trinajstić information content (AvgIpc) is 3.48. The van der Waals surface area contributed by atoms with E-state index in [1.807, 2.05) is 25.7 Å². The summed E-state index contributed by atoms with van der Waals surface area (Å²) >= 11 is 1.73. The second-order valence-electron chi connectivity index (χ2n) is 9.83. The van der Waals surface area contributed by atoms with Gasteiger partial charge in [0.05, 0.1) is 10.8 Å². The van der Waals surface area contributed by atoms with Crippen molar-refractivity contribution in [3.63, 3.8) is 0 Å². The van der Waals surface area contributed by atoms with Gasteiger partial charge in [-0.2, -0.15) is 0 Å². The van der Waals surface area contributed by atoms with Crippen LogP contribution in [0, 0.1) is 10.1 Å². The molecule has 0 aromatic carbocycles. The number of carbonyl (C=O) groups excluding carboxylic acids is 2. The van der Waals surface area contributed by atoms with Gasteiger partial charge in [-0.05, 0) is 33.3 Å². The number of ether oxygens (including phenoxy) is 1. The van der Waals surface area contributed by atoms with Crippen LogP contribution in [0.2, 0.25) is 0 Å². The molecular weight excluding hydrogens is 460 g/mol. The summed E-state index contributed by atoms with van der Waals surface area (Å²) in [5, 5.41) is 10.9. The number of anilines is 1. The number of aromatic nitrogens is 1. The lowest BCUT2D eigenvalue weighted by molar-refractivity contribution is -0.385. The lowest BCUT2D eigenvalue weighted by Gasteiger charge is -2.38. The summed E-state index contributed by atoms with van der Waals surface area (Å²) in [4.78, 5) is 48.8. The number of nitro groups is 1. The van der Waals surface area contributed by atoms with Gasteiger partial charge in [0, 0.05) is 57.1 Å². The van der Waals surface area contributed by atoms with Gasteiger partial charge in [0.25, 0.3) is 5.69 Å². The van der Waals surface area contributed by atoms with E-state index in [1.165, 1.54) is 12.3 Å². The van der Waals surface area contributed by atoms with Crippen molar-refractivity contribution in [1.82, 2.24) is 19.7 Å². The second kappa shape index (κ2) is 9.95. The minimum atomic E-state index is -0.629. The van der Waals surface area contributed by atoms with E-state index in [9.17, 15) is 19.7 Å². The van der Waals surface area contributed by atoms with Gasteiger partial charge in [-0.15, -0.1) is 11.8 Å². The highest BCUT2D eigenvalue weighted by Gasteiger charge is 2.45. The Morgan fingerprint density at radius 3 is 2.47 bits per heavy atom. The first-order valence-corrected chi connectivity index (χ1v) is 12.7. The van der Waals surface area contributed by atoms with E-state index < -0.39 is 22.7 Å². The van der Waals surface area contributed by atoms with Crippen LogP contribution in [-0.2, 0) is 9.53 Å². The van der Waals surface area contributed by atoms with Gasteiger partial charge in [-0.3, -0.25) is 24.7 Å². The maximum Gasteiger partial charge on any atom is 0.411 e. The Balaban J connectivity index is 1.41. The predicted molar refractivity (Wildman–Crippen MR) is 129 cm³/mol. The lowest BCUT2D eigenvalue weighted by Crippen LogP contribution is -2.51. The topological polar surface area (TPSA) is 112 Å². The molecule has 186 valence electrons. The van der Waals surface area contributed by atoms with Crippen LogP contribution in [-0.4, -0.2) is 105 Å². The van der Waals surface area contributed by atoms with Gasteiger partial charge in [0.15, 0.2) is 0 Å². The molecule has 4 heterocycles. The first kappa shape index (κ1) is 24.5. The Morgan fingerprint density at radius 2 is 1.91 bits per heavy atom. The molecule has 1 aromatic rings. The molecule has 0 unspecified atom stereocenters. The highest BCUT2D eigenvalue weighted by atomic mass is 32.2. The third kappa shape index (κ3) is 5.54. The van der Waals surface area contributed by atoms with Crippen LogP contribution in [0.3, 0.4) is 0 Å². The summed E-state index contributed by atoms with van der Waals surface area (Å²) in [6, 6.07) is 2.71. The molecule has 2 amide bonds. The van der Waals surface area contributed by atoms with Crippen LogP contribution >= 0.6 is 11.8 Å². The number of carbonyl (C=O) groups is 2. The highest BCUT2D eigenvalue weighted by Crippen LogP contribution is 2.29. The number of rotatable bonds is 4. The van der Waals surface area contributed by atoms with Crippen molar-refractivity contribution in [2.75, 3.05) is 55.8 Å². The number of pyridine rings is 1. The molecule has 0 spiro atoms. The molecule has 34 heavy (non-hydrogen) atoms. The van der Waals surface area contributed by atoms with Crippen LogP contribution in [0.4, 0.5) is 16.3 Å². The fourth-order valence-corrected chi connectivity index (χ4v) is 5.58. The second-order valence-corrected chi connectivity index (χ2v) is 10.9. The monoisotopic (exact) mass is 492 g/mol. The van der Waals surface area contributed by atoms with Crippen molar-refractivity contribution in [2.24, 2.45) is 0 Å². The van der Waals surface area contributed by atoms with Gasteiger partial charge < -0.3 is 14.5 Å². The lowest BCUT2D eigenvalue weighted by atomic mass is 10.1. The molecule has 3 aliphatic heterocycles. The van der Waals surface area contributed by atoms with E-state index in [0.29, 0.717) is 31.2 Å². The Morgan fingerprint density at radius 1 is 1.18 bits per heavy atom. The minimum absolute atomic E-state index is 0.00655. The number of hydrogen-bond donors (Lipinski definition) is 0. The standard InChI is InChI=1S/C22H32N6O5S/c1-22(2,3)33-21(30)27-14-17(12-18(27)20(29)26-10-11-34-15-26)24-6-8-25(9-7-24)19-5-4-16(13-23-19)28(31)32/h4-5,13,17-18H,6-12,14-15H2,1-3H3/t17-,18-/m0/s1. The first-order valence-electron chi connectivity index (χ1n) is 11.6. The smallest absolute Gasteiger partial charge is 0.411 e. The van der Waals surface area contributed by atoms with E-state index in [4.69, 9.17) is 4.74 Å². The Bertz CT molecular complexity index is 909. The maximum atomic E-state index is 13.2. The Kier molecular flexibility index (Phi) is 7.17. The minimum Gasteiger partial charge on any atom is -0.444 e. The average molecular weight is 493 g/mol. The quantitative estimate of drug-likeness (QED) is 0.460. The molecule has 12 heteroatoms. The third-order valence-electron chi connectivity index (χ3n) is 6.35. The largest absolute Gasteiger partial charge is 0.444 e. The van der Waals surface area contributed by atoms with E-state index in [1.54, 1.807) is 22.7 Å². The van der Waals surface area contributed by atoms with Crippen LogP contribution in [0.5, 0.6) is 0 Å². The fourth-order valence-electron chi connectivity index (χ4n) is 4.62. The molecule has 0 radical (unpaired) electrons. The summed E-state index contributed by atoms with van der Waals surface area (Å²) in [6.07, 6.45) is 1.44. The molecule has 2 atom stereocenters. The molecule has 0 aliphatic carbocycles. The summed E-state index contributed by atoms with van der Waals surface area (Å²) in [6.45, 7) is 9.62. The van der Waals surface area contributed by atoms with Crippen LogP contribution in [0.15, 0.2) is 18.3 Å². The van der Waals surface area contributed by atoms with Crippen molar-refractivity contribution in [1.29, 1.82) is 0 Å². The summed E-state index contributed by atoms with van der Waals surface area (Å²) in [5.74, 6) is 2.31. The number of hydrogen-bond acceptors (Lipinski definition) is 9. The van der Waals surface area contributed by atoms with Crippen molar-refractivity contribution in [2.45, 2.75) is 44.9 Å². The number of piperazine rings is 1. The Labute approximate surface area is 203 Å². The van der Waals surface area contributed by atoms with Crippen LogP contribution in [0.25, 0.3) is 0 Å². The number of amides is 2. The van der Waals surface area contributed by atoms with Crippen molar-refractivity contribution >= 4 is 35.3 Å². The molecule has 0 bridgehead atoms. The van der Waals surface area contributed by atoms with E-state index >= 15 is 0 Å². The summed E-state index contributed by atoms with van der Waals surface area (Å²) in [7, 11) is 0. The Hall–Kier alpha value is -2.60. The first-order chi connectivity index (χ1) is 16.1. The predicted octanol–water partition coefficient (Wildman–Crippen LogP) is 2.02. The van der Waals surface area contributed by atoms with E-state index in [0.717, 1.165) is 31.9 Å². The molecule has 3 aliphatic rings. The SMILES string of the molecule is CC(C)(C)OC(=O)N1C[C@@H](N2CCN(c3ccc([N+](=O)[O-])cn3)CC2)C[C@H]1C(=O)N1CCSC1. The maximum absolute atomic E-state index is 13.2. The van der Waals surface area contributed by atoms with Crippen molar-refractivity contribution in [3.05, 3.63) is 28.4 Å². The molecule has 11 nitrogen and oxygen atoms in total. The molecule has 0 N–H and O–H groups in total. The summed E-state index contributed by atoms with van der Waals surface area (Å²) in [5.41, 5.74) is -0.655. The van der Waals surface area contributed by atoms with E-state index in [2.05, 4.69) is 14.8 Å². The van der Waals surface area contributed by atoms with Crippen LogP contribution < -0.4 is 4.90 Å². The molecule has 3 fully saturated rings. The van der Waals surface area contributed by atoms with Crippen molar-refractivity contribution < 1.29 is 19.2 Å². The zero-order valence-electron chi connectivity index (χ0n) is 19.9. The zero-order chi connectivity index (χ0) is 24.5. The molecule has 0 saturated carbocycles. The molecular formula is C22H32N6O5S. The number of nitrogens with zero attached hydrogens (tertiary/aromatic N) is 6. The van der Waals surface area contributed by atoms with Gasteiger partial charge in [0.1, 0.15) is 23.7 Å². The molecule has 1 aromatic heterocycles. The molecule has 4 rings (SSSR count). The molecule has 3 saturated heterocycles. The number of thioether (sulfide) groups is 1. The highest BCUT2D eigenvalue weighted by molar-refractivity contribution is 7.99. The van der Waals surface area contributed by atoms with Gasteiger partial charge in [-0.1, -0.05) is 0 Å². The van der Waals surface area contributed by atoms with Gasteiger partial charge in [0.2, 0.25) is 5.91 Å². The van der Waals surface area contributed by atoms with Crippen LogP contribution in [0.1, 0.15) is 27.2 Å². The zero-order valence-corrected chi connectivity index (χ0v) is 20.7. The number of likely N-dealkylation sites (tertiary alicyclic amines) is 1.